The van der Waals surface area contributed by atoms with Crippen molar-refractivity contribution < 1.29 is 74.5 Å². The fourth-order valence-electron chi connectivity index (χ4n) is 5.63. The molecule has 0 saturated heterocycles. The van der Waals surface area contributed by atoms with E-state index in [1.807, 2.05) is 0 Å². The molecule has 0 aliphatic heterocycles. The van der Waals surface area contributed by atoms with E-state index in [4.69, 9.17) is 0 Å². The number of hydrogen-bond donors (Lipinski definition) is 1. The quantitative estimate of drug-likeness (QED) is 0.143. The van der Waals surface area contributed by atoms with Gasteiger partial charge in [0.1, 0.15) is 0 Å². The molecule has 0 aliphatic rings. The fourth-order valence-corrected chi connectivity index (χ4v) is 10.4. The Morgan fingerprint density at radius 3 is 1.25 bits per heavy atom. The third-order valence-corrected chi connectivity index (χ3v) is 12.8. The van der Waals surface area contributed by atoms with Crippen molar-refractivity contribution in [2.75, 3.05) is 6.16 Å². The van der Waals surface area contributed by atoms with Gasteiger partial charge in [0.2, 0.25) is 0 Å². The SMILES string of the molecule is CC(C)(C)[C@@H](C[P+](Cc1cc(C(F)(F)F)cc(C(F)(F)F)c1)(c1ccccc1)c1ccccc1)NC(=O)c1cc(C(F)(F)F)cc(C(F)(F)F)c1.[Br-]. The Balaban J connectivity index is 0.00000729. The lowest BCUT2D eigenvalue weighted by Crippen LogP contribution is -3.00. The predicted octanol–water partition coefficient (Wildman–Crippen LogP) is 7.78. The predicted molar refractivity (Wildman–Crippen MR) is 171 cm³/mol. The van der Waals surface area contributed by atoms with Crippen molar-refractivity contribution in [3.63, 3.8) is 0 Å². The zero-order valence-corrected chi connectivity index (χ0v) is 30.0. The van der Waals surface area contributed by atoms with Crippen molar-refractivity contribution in [3.05, 3.63) is 130 Å². The van der Waals surface area contributed by atoms with Gasteiger partial charge in [0.05, 0.1) is 58.5 Å². The van der Waals surface area contributed by atoms with Crippen molar-refractivity contribution in [3.8, 4) is 0 Å². The molecule has 1 atom stereocenters. The lowest BCUT2D eigenvalue weighted by molar-refractivity contribution is -0.144. The number of nitrogens with one attached hydrogen (secondary N) is 1. The maximum Gasteiger partial charge on any atom is 0.416 e. The summed E-state index contributed by atoms with van der Waals surface area (Å²) in [6.07, 6.45) is -21.3. The van der Waals surface area contributed by atoms with E-state index in [0.29, 0.717) is 22.7 Å². The van der Waals surface area contributed by atoms with Crippen molar-refractivity contribution in [1.82, 2.24) is 5.32 Å². The summed E-state index contributed by atoms with van der Waals surface area (Å²) in [6.45, 7) is 4.88. The molecule has 4 aromatic carbocycles. The van der Waals surface area contributed by atoms with E-state index in [0.717, 1.165) is 0 Å². The second-order valence-corrected chi connectivity index (χ2v) is 16.7. The molecule has 0 aromatic heterocycles. The first-order chi connectivity index (χ1) is 23.3. The van der Waals surface area contributed by atoms with Crippen LogP contribution < -0.4 is 32.9 Å². The second kappa shape index (κ2) is 15.4. The Morgan fingerprint density at radius 2 is 0.923 bits per heavy atom. The Hall–Kier alpha value is -3.58. The molecule has 16 heteroatoms. The highest BCUT2D eigenvalue weighted by molar-refractivity contribution is 7.88. The van der Waals surface area contributed by atoms with Crippen LogP contribution in [0.5, 0.6) is 0 Å². The van der Waals surface area contributed by atoms with E-state index in [1.165, 1.54) is 0 Å². The molecule has 1 amide bonds. The van der Waals surface area contributed by atoms with Gasteiger partial charge < -0.3 is 22.3 Å². The van der Waals surface area contributed by atoms with E-state index in [2.05, 4.69) is 5.32 Å². The van der Waals surface area contributed by atoms with E-state index in [1.54, 1.807) is 81.4 Å². The summed E-state index contributed by atoms with van der Waals surface area (Å²) < 4.78 is 165. The molecule has 0 saturated carbocycles. The standard InChI is InChI=1S/C36H30F12NOP.BrH/c1-32(2,3)30(49-31(50)23-16-26(35(43,44)45)19-27(17-23)36(46,47)48)21-51(28-10-6-4-7-11-28,29-12-8-5-9-13-29)20-22-14-24(33(37,38)39)18-25(15-22)34(40,41)42;/h4-19,30H,20-21H2,1-3H3;1H/t30-;/m1./s1. The first-order valence-electron chi connectivity index (χ1n) is 15.2. The molecule has 0 unspecified atom stereocenters. The van der Waals surface area contributed by atoms with Crippen LogP contribution in [0, 0.1) is 5.41 Å². The van der Waals surface area contributed by atoms with Crippen molar-refractivity contribution >= 4 is 23.8 Å². The molecule has 282 valence electrons. The molecule has 0 bridgehead atoms. The number of carbonyl (C=O) groups is 1. The van der Waals surface area contributed by atoms with Gasteiger partial charge in [-0.15, -0.1) is 0 Å². The fraction of sp³-hybridized carbons (Fsp3) is 0.306. The third-order valence-electron chi connectivity index (χ3n) is 8.30. The number of halogens is 13. The average molecular weight is 833 g/mol. The van der Waals surface area contributed by atoms with Crippen molar-refractivity contribution in [2.24, 2.45) is 5.41 Å². The summed E-state index contributed by atoms with van der Waals surface area (Å²) in [4.78, 5) is 13.6. The molecule has 4 aromatic rings. The monoisotopic (exact) mass is 831 g/mol. The van der Waals surface area contributed by atoms with Gasteiger partial charge in [-0.05, 0) is 71.6 Å². The van der Waals surface area contributed by atoms with Crippen LogP contribution in [-0.2, 0) is 30.9 Å². The largest absolute Gasteiger partial charge is 1.00 e. The van der Waals surface area contributed by atoms with Gasteiger partial charge in [-0.1, -0.05) is 57.2 Å². The lowest BCUT2D eigenvalue weighted by Gasteiger charge is -2.37. The molecule has 0 fully saturated rings. The zero-order chi connectivity index (χ0) is 38.2. The van der Waals surface area contributed by atoms with Crippen LogP contribution in [0.3, 0.4) is 0 Å². The van der Waals surface area contributed by atoms with Crippen LogP contribution in [-0.4, -0.2) is 18.1 Å². The summed E-state index contributed by atoms with van der Waals surface area (Å²) in [5.74, 6) is -1.29. The Labute approximate surface area is 302 Å². The minimum absolute atomic E-state index is 0. The summed E-state index contributed by atoms with van der Waals surface area (Å²) in [6, 6.07) is 16.9. The average Bonchev–Trinajstić information content (AvgIpc) is 3.02. The van der Waals surface area contributed by atoms with E-state index < -0.39 is 77.1 Å². The molecule has 0 heterocycles. The minimum Gasteiger partial charge on any atom is -1.00 e. The van der Waals surface area contributed by atoms with Crippen molar-refractivity contribution in [2.45, 2.75) is 57.7 Å². The van der Waals surface area contributed by atoms with Gasteiger partial charge in [0.25, 0.3) is 5.91 Å². The maximum atomic E-state index is 13.9. The molecule has 0 radical (unpaired) electrons. The minimum atomic E-state index is -5.23. The highest BCUT2D eigenvalue weighted by atomic mass is 79.9. The molecular formula is C36H31BrF12NOP. The van der Waals surface area contributed by atoms with E-state index in [9.17, 15) is 57.5 Å². The molecular weight excluding hydrogens is 801 g/mol. The van der Waals surface area contributed by atoms with Crippen LogP contribution in [0.25, 0.3) is 0 Å². The smallest absolute Gasteiger partial charge is 0.416 e. The highest BCUT2D eigenvalue weighted by Gasteiger charge is 2.49. The van der Waals surface area contributed by atoms with Gasteiger partial charge in [-0.2, -0.15) is 52.7 Å². The highest BCUT2D eigenvalue weighted by Crippen LogP contribution is 2.61. The van der Waals surface area contributed by atoms with Crippen molar-refractivity contribution in [1.29, 1.82) is 0 Å². The van der Waals surface area contributed by atoms with Gasteiger partial charge in [-0.25, -0.2) is 0 Å². The van der Waals surface area contributed by atoms with Crippen LogP contribution in [0.4, 0.5) is 52.7 Å². The number of carbonyl (C=O) groups excluding carboxylic acids is 1. The summed E-state index contributed by atoms with van der Waals surface area (Å²) in [7, 11) is -3.25. The lowest BCUT2D eigenvalue weighted by atomic mass is 9.87. The number of alkyl halides is 12. The zero-order valence-electron chi connectivity index (χ0n) is 27.5. The van der Waals surface area contributed by atoms with E-state index in [-0.39, 0.29) is 59.1 Å². The summed E-state index contributed by atoms with van der Waals surface area (Å²) in [5, 5.41) is 3.61. The van der Waals surface area contributed by atoms with Crippen LogP contribution in [0.1, 0.15) is 58.9 Å². The molecule has 2 nitrogen and oxygen atoms in total. The number of amides is 1. The molecule has 0 spiro atoms. The number of rotatable bonds is 8. The normalized spacial score (nSPS) is 13.7. The third kappa shape index (κ3) is 10.3. The number of hydrogen-bond acceptors (Lipinski definition) is 1. The molecule has 0 aliphatic carbocycles. The topological polar surface area (TPSA) is 29.1 Å². The van der Waals surface area contributed by atoms with Gasteiger partial charge in [0.15, 0.2) is 0 Å². The van der Waals surface area contributed by atoms with Crippen LogP contribution >= 0.6 is 7.26 Å². The first-order valence-corrected chi connectivity index (χ1v) is 17.3. The Kier molecular flexibility index (Phi) is 12.7. The number of benzene rings is 4. The summed E-state index contributed by atoms with van der Waals surface area (Å²) in [5.41, 5.74) is -8.74. The maximum absolute atomic E-state index is 13.9. The second-order valence-electron chi connectivity index (χ2n) is 13.1. The van der Waals surface area contributed by atoms with E-state index >= 15 is 0 Å². The Morgan fingerprint density at radius 1 is 0.577 bits per heavy atom. The molecule has 1 N–H and O–H groups in total. The Bertz CT molecular complexity index is 1730. The van der Waals surface area contributed by atoms with Gasteiger partial charge in [0, 0.05) is 5.56 Å². The first kappa shape index (κ1) is 42.8. The van der Waals surface area contributed by atoms with Crippen LogP contribution in [0.2, 0.25) is 0 Å². The molecule has 52 heavy (non-hydrogen) atoms. The summed E-state index contributed by atoms with van der Waals surface area (Å²) >= 11 is 0. The van der Waals surface area contributed by atoms with Gasteiger partial charge >= 0.3 is 24.7 Å². The molecule has 4 rings (SSSR count). The van der Waals surface area contributed by atoms with Crippen LogP contribution in [0.15, 0.2) is 97.1 Å². The van der Waals surface area contributed by atoms with Gasteiger partial charge in [-0.3, -0.25) is 4.79 Å².